The summed E-state index contributed by atoms with van der Waals surface area (Å²) < 4.78 is 8.03. The lowest BCUT2D eigenvalue weighted by Gasteiger charge is -2.44. The minimum absolute atomic E-state index is 0.0480. The minimum Gasteiger partial charge on any atom is -0.454 e. The summed E-state index contributed by atoms with van der Waals surface area (Å²) in [6.07, 6.45) is 4.53. The highest BCUT2D eigenvalue weighted by Gasteiger charge is 2.35. The average molecular weight is 380 g/mol. The third kappa shape index (κ3) is 3.62. The van der Waals surface area contributed by atoms with Gasteiger partial charge < -0.3 is 14.4 Å². The Labute approximate surface area is 165 Å². The third-order valence-electron chi connectivity index (χ3n) is 5.75. The summed E-state index contributed by atoms with van der Waals surface area (Å²) in [6.45, 7) is 7.57. The molecule has 6 heteroatoms. The Morgan fingerprint density at radius 3 is 2.39 bits per heavy atom. The number of hydrogen-bond donors (Lipinski definition) is 1. The smallest absolute Gasteiger partial charge is 0.156 e. The van der Waals surface area contributed by atoms with E-state index in [0.717, 1.165) is 34.9 Å². The van der Waals surface area contributed by atoms with Crippen molar-refractivity contribution in [1.82, 2.24) is 19.9 Å². The molecule has 2 aromatic heterocycles. The van der Waals surface area contributed by atoms with Crippen LogP contribution in [0.2, 0.25) is 0 Å². The molecule has 3 fully saturated rings. The molecule has 28 heavy (non-hydrogen) atoms. The second-order valence-corrected chi connectivity index (χ2v) is 7.31. The van der Waals surface area contributed by atoms with Gasteiger partial charge in [-0.15, -0.1) is 5.10 Å². The number of piperidine rings is 3. The summed E-state index contributed by atoms with van der Waals surface area (Å²) in [5.41, 5.74) is 2.65. The van der Waals surface area contributed by atoms with Gasteiger partial charge in [0.1, 0.15) is 11.5 Å². The van der Waals surface area contributed by atoms with Gasteiger partial charge in [-0.05, 0) is 49.5 Å². The van der Waals surface area contributed by atoms with Gasteiger partial charge in [0, 0.05) is 12.1 Å². The molecular weight excluding hydrogens is 352 g/mol. The first-order valence-corrected chi connectivity index (χ1v) is 10.2. The average Bonchev–Trinajstić information content (AvgIpc) is 3.46. The van der Waals surface area contributed by atoms with Crippen LogP contribution in [0.15, 0.2) is 47.0 Å². The number of furan rings is 1. The number of benzene rings is 1. The van der Waals surface area contributed by atoms with Crippen LogP contribution in [0.5, 0.6) is 0 Å². The number of rotatable bonds is 4. The SMILES string of the molecule is CC.OCc1ccc(-c2ccc(-c3cn(C4CN5CCC4CC5)nn3)o2)cc1. The Hall–Kier alpha value is -2.44. The molecule has 1 N–H and O–H groups in total. The highest BCUT2D eigenvalue weighted by molar-refractivity contribution is 5.62. The fraction of sp³-hybridized carbons (Fsp3) is 0.455. The van der Waals surface area contributed by atoms with Crippen molar-refractivity contribution in [3.63, 3.8) is 0 Å². The number of fused-ring (bicyclic) bond motifs is 3. The summed E-state index contributed by atoms with van der Waals surface area (Å²) in [4.78, 5) is 2.52. The van der Waals surface area contributed by atoms with Crippen molar-refractivity contribution < 1.29 is 9.52 Å². The Morgan fingerprint density at radius 1 is 1.04 bits per heavy atom. The molecule has 1 aromatic carbocycles. The zero-order chi connectivity index (χ0) is 19.5. The van der Waals surface area contributed by atoms with Crippen molar-refractivity contribution in [3.05, 3.63) is 48.2 Å². The van der Waals surface area contributed by atoms with Gasteiger partial charge in [0.25, 0.3) is 0 Å². The highest BCUT2D eigenvalue weighted by atomic mass is 16.3. The van der Waals surface area contributed by atoms with Crippen LogP contribution < -0.4 is 0 Å². The topological polar surface area (TPSA) is 67.3 Å². The van der Waals surface area contributed by atoms with E-state index in [4.69, 9.17) is 9.52 Å². The van der Waals surface area contributed by atoms with Gasteiger partial charge in [0.15, 0.2) is 5.76 Å². The molecule has 0 spiro atoms. The molecule has 3 aliphatic rings. The van der Waals surface area contributed by atoms with Gasteiger partial charge in [-0.1, -0.05) is 43.3 Å². The lowest BCUT2D eigenvalue weighted by atomic mass is 9.84. The largest absolute Gasteiger partial charge is 0.454 e. The molecule has 6 nitrogen and oxygen atoms in total. The zero-order valence-corrected chi connectivity index (χ0v) is 16.6. The molecule has 148 valence electrons. The molecule has 1 unspecified atom stereocenters. The van der Waals surface area contributed by atoms with E-state index in [-0.39, 0.29) is 6.61 Å². The van der Waals surface area contributed by atoms with Crippen LogP contribution in [-0.2, 0) is 6.61 Å². The summed E-state index contributed by atoms with van der Waals surface area (Å²) in [7, 11) is 0. The zero-order valence-electron chi connectivity index (χ0n) is 16.6. The standard InChI is InChI=1S/C20H22N4O2.C2H6/c25-13-14-1-3-16(4-2-14)19-5-6-20(26-19)17-11-24(22-21-17)18-12-23-9-7-15(18)8-10-23;1-2/h1-6,11,15,18,25H,7-10,12-13H2;1-2H3. The maximum absolute atomic E-state index is 9.16. The number of nitrogens with zero attached hydrogens (tertiary/aromatic N) is 4. The second kappa shape index (κ2) is 8.29. The molecular formula is C22H28N4O2. The number of aliphatic hydroxyl groups is 1. The second-order valence-electron chi connectivity index (χ2n) is 7.31. The van der Waals surface area contributed by atoms with Crippen molar-refractivity contribution >= 4 is 0 Å². The quantitative estimate of drug-likeness (QED) is 0.741. The van der Waals surface area contributed by atoms with Gasteiger partial charge in [-0.25, -0.2) is 4.68 Å². The molecule has 0 amide bonds. The molecule has 5 heterocycles. The maximum Gasteiger partial charge on any atom is 0.156 e. The van der Waals surface area contributed by atoms with Crippen molar-refractivity contribution in [2.45, 2.75) is 39.3 Å². The van der Waals surface area contributed by atoms with Gasteiger partial charge in [-0.2, -0.15) is 0 Å². The van der Waals surface area contributed by atoms with Crippen LogP contribution in [-0.4, -0.2) is 44.6 Å². The number of hydrogen-bond acceptors (Lipinski definition) is 5. The van der Waals surface area contributed by atoms with Crippen LogP contribution in [0, 0.1) is 5.92 Å². The van der Waals surface area contributed by atoms with E-state index in [0.29, 0.717) is 12.0 Å². The Kier molecular flexibility index (Phi) is 5.59. The molecule has 2 bridgehead atoms. The van der Waals surface area contributed by atoms with Crippen LogP contribution >= 0.6 is 0 Å². The molecule has 0 aliphatic carbocycles. The van der Waals surface area contributed by atoms with Crippen molar-refractivity contribution in [2.24, 2.45) is 5.92 Å². The molecule has 3 aliphatic heterocycles. The lowest BCUT2D eigenvalue weighted by Crippen LogP contribution is -2.48. The summed E-state index contributed by atoms with van der Waals surface area (Å²) in [5.74, 6) is 2.24. The van der Waals surface area contributed by atoms with E-state index in [1.807, 2.05) is 61.1 Å². The molecule has 1 atom stereocenters. The van der Waals surface area contributed by atoms with Gasteiger partial charge in [0.2, 0.25) is 0 Å². The van der Waals surface area contributed by atoms with Gasteiger partial charge >= 0.3 is 0 Å². The first-order valence-electron chi connectivity index (χ1n) is 10.2. The molecule has 0 saturated carbocycles. The van der Waals surface area contributed by atoms with Crippen molar-refractivity contribution in [1.29, 1.82) is 0 Å². The van der Waals surface area contributed by atoms with E-state index < -0.39 is 0 Å². The normalized spacial score (nSPS) is 23.3. The predicted molar refractivity (Wildman–Crippen MR) is 109 cm³/mol. The summed E-state index contributed by atoms with van der Waals surface area (Å²) in [6, 6.07) is 12.1. The fourth-order valence-electron chi connectivity index (χ4n) is 4.19. The van der Waals surface area contributed by atoms with E-state index in [1.165, 1.54) is 25.9 Å². The Bertz CT molecular complexity index is 891. The number of aromatic nitrogens is 3. The fourth-order valence-corrected chi connectivity index (χ4v) is 4.19. The van der Waals surface area contributed by atoms with E-state index >= 15 is 0 Å². The molecule has 6 rings (SSSR count). The van der Waals surface area contributed by atoms with Gasteiger partial charge in [0.05, 0.1) is 18.8 Å². The van der Waals surface area contributed by atoms with Crippen LogP contribution in [0.3, 0.4) is 0 Å². The first-order chi connectivity index (χ1) is 13.8. The van der Waals surface area contributed by atoms with E-state index in [1.54, 1.807) is 0 Å². The Balaban J connectivity index is 0.000000932. The summed E-state index contributed by atoms with van der Waals surface area (Å²) in [5, 5.41) is 17.9. The Morgan fingerprint density at radius 2 is 1.75 bits per heavy atom. The van der Waals surface area contributed by atoms with Crippen molar-refractivity contribution in [2.75, 3.05) is 19.6 Å². The monoisotopic (exact) mass is 380 g/mol. The lowest BCUT2D eigenvalue weighted by molar-refractivity contribution is 0.0504. The molecule has 0 radical (unpaired) electrons. The minimum atomic E-state index is 0.0480. The summed E-state index contributed by atoms with van der Waals surface area (Å²) >= 11 is 0. The highest BCUT2D eigenvalue weighted by Crippen LogP contribution is 2.36. The van der Waals surface area contributed by atoms with Crippen LogP contribution in [0.25, 0.3) is 22.8 Å². The van der Waals surface area contributed by atoms with E-state index in [9.17, 15) is 0 Å². The van der Waals surface area contributed by atoms with Crippen LogP contribution in [0.4, 0.5) is 0 Å². The predicted octanol–water partition coefficient (Wildman–Crippen LogP) is 3.99. The van der Waals surface area contributed by atoms with Gasteiger partial charge in [-0.3, -0.25) is 0 Å². The number of aliphatic hydroxyl groups excluding tert-OH is 1. The third-order valence-corrected chi connectivity index (χ3v) is 5.75. The van der Waals surface area contributed by atoms with Crippen molar-refractivity contribution in [3.8, 4) is 22.8 Å². The first kappa shape index (κ1) is 18.9. The van der Waals surface area contributed by atoms with E-state index in [2.05, 4.69) is 15.2 Å². The molecule has 3 aromatic rings. The van der Waals surface area contributed by atoms with Crippen LogP contribution in [0.1, 0.15) is 38.3 Å². The maximum atomic E-state index is 9.16. The molecule has 3 saturated heterocycles.